The average Bonchev–Trinajstić information content (AvgIpc) is 3.14. The second-order valence-electron chi connectivity index (χ2n) is 7.25. The highest BCUT2D eigenvalue weighted by atomic mass is 16.5. The van der Waals surface area contributed by atoms with Crippen molar-refractivity contribution in [1.29, 1.82) is 0 Å². The van der Waals surface area contributed by atoms with Gasteiger partial charge in [-0.1, -0.05) is 48.0 Å². The molecule has 0 spiro atoms. The molecule has 1 N–H and O–H groups in total. The number of rotatable bonds is 6. The normalized spacial score (nSPS) is 11.9. The van der Waals surface area contributed by atoms with Crippen LogP contribution < -0.4 is 5.32 Å². The molecule has 0 bridgehead atoms. The second-order valence-corrected chi connectivity index (χ2v) is 7.25. The minimum atomic E-state index is -0.906. The molecule has 2 aromatic carbocycles. The van der Waals surface area contributed by atoms with Crippen LogP contribution in [0.5, 0.6) is 0 Å². The number of carbonyl (C=O) groups excluding carboxylic acids is 2. The van der Waals surface area contributed by atoms with Gasteiger partial charge in [0, 0.05) is 17.8 Å². The lowest BCUT2D eigenvalue weighted by Gasteiger charge is -2.15. The summed E-state index contributed by atoms with van der Waals surface area (Å²) in [5.41, 5.74) is 3.57. The van der Waals surface area contributed by atoms with Crippen molar-refractivity contribution in [3.05, 3.63) is 71.9 Å². The Morgan fingerprint density at radius 2 is 1.66 bits per heavy atom. The van der Waals surface area contributed by atoms with Crippen LogP contribution in [0.15, 0.2) is 60.8 Å². The number of hydrogen-bond acceptors (Lipinski definition) is 4. The topological polar surface area (TPSA) is 73.2 Å². The third-order valence-electron chi connectivity index (χ3n) is 4.36. The Labute approximate surface area is 170 Å². The maximum atomic E-state index is 12.9. The molecule has 0 fully saturated rings. The van der Waals surface area contributed by atoms with Gasteiger partial charge in [0.05, 0.1) is 5.69 Å². The van der Waals surface area contributed by atoms with Crippen molar-refractivity contribution in [2.45, 2.75) is 39.8 Å². The predicted octanol–water partition coefficient (Wildman–Crippen LogP) is 3.92. The van der Waals surface area contributed by atoms with E-state index in [4.69, 9.17) is 4.74 Å². The van der Waals surface area contributed by atoms with E-state index in [2.05, 4.69) is 10.4 Å². The highest BCUT2D eigenvalue weighted by molar-refractivity contribution is 5.97. The standard InChI is InChI=1S/C23H25N3O3/c1-15(2)24-22(27)17(4)29-23(28)20-14-26(19-12-10-16(3)11-13-19)25-21(20)18-8-6-5-7-9-18/h5-15,17H,1-4H3,(H,24,27). The summed E-state index contributed by atoms with van der Waals surface area (Å²) in [6.07, 6.45) is 0.735. The van der Waals surface area contributed by atoms with Crippen molar-refractivity contribution in [2.75, 3.05) is 0 Å². The lowest BCUT2D eigenvalue weighted by molar-refractivity contribution is -0.129. The van der Waals surface area contributed by atoms with E-state index >= 15 is 0 Å². The van der Waals surface area contributed by atoms with Gasteiger partial charge >= 0.3 is 5.97 Å². The molecule has 6 nitrogen and oxygen atoms in total. The van der Waals surface area contributed by atoms with Crippen LogP contribution in [0.1, 0.15) is 36.7 Å². The lowest BCUT2D eigenvalue weighted by atomic mass is 10.1. The van der Waals surface area contributed by atoms with Crippen LogP contribution >= 0.6 is 0 Å². The Bertz CT molecular complexity index is 992. The van der Waals surface area contributed by atoms with Crippen molar-refractivity contribution in [3.63, 3.8) is 0 Å². The molecule has 3 aromatic rings. The van der Waals surface area contributed by atoms with Crippen LogP contribution in [0.3, 0.4) is 0 Å². The van der Waals surface area contributed by atoms with Crippen LogP contribution in [0, 0.1) is 6.92 Å². The Kier molecular flexibility index (Phi) is 6.12. The summed E-state index contributed by atoms with van der Waals surface area (Å²) in [5.74, 6) is -0.922. The predicted molar refractivity (Wildman–Crippen MR) is 112 cm³/mol. The molecule has 0 aliphatic carbocycles. The highest BCUT2D eigenvalue weighted by Crippen LogP contribution is 2.25. The summed E-state index contributed by atoms with van der Waals surface area (Å²) in [7, 11) is 0. The van der Waals surface area contributed by atoms with E-state index in [9.17, 15) is 9.59 Å². The second kappa shape index (κ2) is 8.73. The molecule has 0 radical (unpaired) electrons. The van der Waals surface area contributed by atoms with E-state index < -0.39 is 12.1 Å². The molecule has 150 valence electrons. The van der Waals surface area contributed by atoms with Gasteiger partial charge in [-0.05, 0) is 39.8 Å². The number of amides is 1. The van der Waals surface area contributed by atoms with E-state index in [0.717, 1.165) is 16.8 Å². The molecule has 29 heavy (non-hydrogen) atoms. The molecule has 1 heterocycles. The van der Waals surface area contributed by atoms with Crippen LogP contribution in [0.25, 0.3) is 16.9 Å². The van der Waals surface area contributed by atoms with Crippen molar-refractivity contribution in [1.82, 2.24) is 15.1 Å². The quantitative estimate of drug-likeness (QED) is 0.647. The van der Waals surface area contributed by atoms with Crippen LogP contribution in [0.2, 0.25) is 0 Å². The summed E-state index contributed by atoms with van der Waals surface area (Å²) in [6.45, 7) is 7.27. The summed E-state index contributed by atoms with van der Waals surface area (Å²) in [5, 5.41) is 7.36. The van der Waals surface area contributed by atoms with Gasteiger partial charge in [-0.3, -0.25) is 4.79 Å². The summed E-state index contributed by atoms with van der Waals surface area (Å²) < 4.78 is 7.08. The maximum absolute atomic E-state index is 12.9. The van der Waals surface area contributed by atoms with E-state index in [-0.39, 0.29) is 11.9 Å². The third kappa shape index (κ3) is 4.90. The number of esters is 1. The highest BCUT2D eigenvalue weighted by Gasteiger charge is 2.24. The fraction of sp³-hybridized carbons (Fsp3) is 0.261. The summed E-state index contributed by atoms with van der Waals surface area (Å²) >= 11 is 0. The first-order chi connectivity index (χ1) is 13.8. The number of aryl methyl sites for hydroxylation is 1. The van der Waals surface area contributed by atoms with E-state index in [0.29, 0.717) is 11.3 Å². The number of ether oxygens (including phenoxy) is 1. The zero-order chi connectivity index (χ0) is 21.0. The molecule has 0 saturated carbocycles. The first kappa shape index (κ1) is 20.3. The number of hydrogen-bond donors (Lipinski definition) is 1. The molecule has 1 atom stereocenters. The van der Waals surface area contributed by atoms with Gasteiger partial charge in [0.2, 0.25) is 0 Å². The molecule has 1 aromatic heterocycles. The van der Waals surface area contributed by atoms with Gasteiger partial charge in [-0.2, -0.15) is 5.10 Å². The fourth-order valence-corrected chi connectivity index (χ4v) is 2.84. The molecular weight excluding hydrogens is 366 g/mol. The molecule has 0 aliphatic heterocycles. The first-order valence-electron chi connectivity index (χ1n) is 9.58. The summed E-state index contributed by atoms with van der Waals surface area (Å²) in [4.78, 5) is 25.0. The van der Waals surface area contributed by atoms with Gasteiger partial charge in [0.15, 0.2) is 6.10 Å². The SMILES string of the molecule is Cc1ccc(-n2cc(C(=O)OC(C)C(=O)NC(C)C)c(-c3ccccc3)n2)cc1. The zero-order valence-electron chi connectivity index (χ0n) is 17.0. The van der Waals surface area contributed by atoms with Gasteiger partial charge in [0.1, 0.15) is 11.3 Å². The Morgan fingerprint density at radius 3 is 2.28 bits per heavy atom. The minimum absolute atomic E-state index is 0.0344. The lowest BCUT2D eigenvalue weighted by Crippen LogP contribution is -2.39. The number of nitrogens with zero attached hydrogens (tertiary/aromatic N) is 2. The Hall–Kier alpha value is -3.41. The zero-order valence-corrected chi connectivity index (χ0v) is 17.0. The molecule has 1 amide bonds. The minimum Gasteiger partial charge on any atom is -0.449 e. The monoisotopic (exact) mass is 391 g/mol. The van der Waals surface area contributed by atoms with Crippen LogP contribution in [-0.2, 0) is 9.53 Å². The van der Waals surface area contributed by atoms with Crippen molar-refractivity contribution in [3.8, 4) is 16.9 Å². The van der Waals surface area contributed by atoms with Crippen LogP contribution in [0.4, 0.5) is 0 Å². The van der Waals surface area contributed by atoms with E-state index in [1.54, 1.807) is 17.8 Å². The van der Waals surface area contributed by atoms with Crippen molar-refractivity contribution in [2.24, 2.45) is 0 Å². The molecule has 3 rings (SSSR count). The first-order valence-corrected chi connectivity index (χ1v) is 9.58. The average molecular weight is 391 g/mol. The van der Waals surface area contributed by atoms with E-state index in [1.165, 1.54) is 0 Å². The number of aromatic nitrogens is 2. The largest absolute Gasteiger partial charge is 0.449 e. The molecule has 0 aliphatic rings. The Morgan fingerprint density at radius 1 is 1.00 bits per heavy atom. The molecule has 0 saturated heterocycles. The fourth-order valence-electron chi connectivity index (χ4n) is 2.84. The molecule has 1 unspecified atom stereocenters. The smallest absolute Gasteiger partial charge is 0.342 e. The van der Waals surface area contributed by atoms with Gasteiger partial charge in [-0.15, -0.1) is 0 Å². The molecule has 6 heteroatoms. The van der Waals surface area contributed by atoms with Gasteiger partial charge in [-0.25, -0.2) is 9.48 Å². The maximum Gasteiger partial charge on any atom is 0.342 e. The molecular formula is C23H25N3O3. The van der Waals surface area contributed by atoms with Crippen molar-refractivity contribution < 1.29 is 14.3 Å². The van der Waals surface area contributed by atoms with Gasteiger partial charge in [0.25, 0.3) is 5.91 Å². The number of nitrogens with one attached hydrogen (secondary N) is 1. The number of benzene rings is 2. The van der Waals surface area contributed by atoms with E-state index in [1.807, 2.05) is 75.4 Å². The third-order valence-corrected chi connectivity index (χ3v) is 4.36. The number of carbonyl (C=O) groups is 2. The van der Waals surface area contributed by atoms with Gasteiger partial charge < -0.3 is 10.1 Å². The summed E-state index contributed by atoms with van der Waals surface area (Å²) in [6, 6.07) is 17.2. The van der Waals surface area contributed by atoms with Crippen molar-refractivity contribution >= 4 is 11.9 Å². The van der Waals surface area contributed by atoms with Crippen LogP contribution in [-0.4, -0.2) is 33.8 Å². The Balaban J connectivity index is 1.94.